The molecule has 23 heavy (non-hydrogen) atoms. The molecule has 0 spiro atoms. The zero-order valence-electron chi connectivity index (χ0n) is 12.8. The van der Waals surface area contributed by atoms with Gasteiger partial charge in [0.25, 0.3) is 0 Å². The summed E-state index contributed by atoms with van der Waals surface area (Å²) in [6.45, 7) is 1.91. The highest BCUT2D eigenvalue weighted by Gasteiger charge is 2.12. The number of benzene rings is 2. The van der Waals surface area contributed by atoms with Crippen molar-refractivity contribution in [2.75, 3.05) is 7.11 Å². The summed E-state index contributed by atoms with van der Waals surface area (Å²) in [6, 6.07) is 9.56. The van der Waals surface area contributed by atoms with Crippen LogP contribution in [0, 0.1) is 5.82 Å². The first kappa shape index (κ1) is 17.1. The number of methoxy groups -OCH3 is 1. The van der Waals surface area contributed by atoms with Crippen LogP contribution < -0.4 is 9.47 Å². The second kappa shape index (κ2) is 7.83. The van der Waals surface area contributed by atoms with Crippen LogP contribution in [-0.2, 0) is 17.8 Å². The first-order valence-corrected chi connectivity index (χ1v) is 7.37. The molecule has 2 rings (SSSR count). The van der Waals surface area contributed by atoms with Crippen LogP contribution in [0.5, 0.6) is 11.5 Å². The van der Waals surface area contributed by atoms with Gasteiger partial charge in [0.1, 0.15) is 12.4 Å². The molecule has 0 fully saturated rings. The van der Waals surface area contributed by atoms with E-state index in [-0.39, 0.29) is 18.1 Å². The molecule has 0 aromatic heterocycles. The molecule has 6 heteroatoms. The number of hydrogen-bond acceptors (Lipinski definition) is 4. The Morgan fingerprint density at radius 1 is 1.17 bits per heavy atom. The standard InChI is InChI=1S/C17H16ClFO4/c1-3-11-8-14(19)16(9-13(11)18)22-10-12-6-4-5-7-15(12)23-17(20)21-2/h4-9H,3,10H2,1-2H3. The Morgan fingerprint density at radius 2 is 1.91 bits per heavy atom. The Labute approximate surface area is 138 Å². The molecule has 0 aliphatic carbocycles. The van der Waals surface area contributed by atoms with Crippen molar-refractivity contribution in [3.8, 4) is 11.5 Å². The van der Waals surface area contributed by atoms with Gasteiger partial charge in [-0.1, -0.05) is 36.7 Å². The minimum atomic E-state index is -0.834. The molecule has 0 atom stereocenters. The van der Waals surface area contributed by atoms with Crippen LogP contribution in [0.2, 0.25) is 5.02 Å². The van der Waals surface area contributed by atoms with Gasteiger partial charge >= 0.3 is 6.16 Å². The second-order valence-electron chi connectivity index (χ2n) is 4.68. The van der Waals surface area contributed by atoms with E-state index in [1.807, 2.05) is 6.92 Å². The average molecular weight is 339 g/mol. The number of hydrogen-bond donors (Lipinski definition) is 0. The third-order valence-corrected chi connectivity index (χ3v) is 3.55. The van der Waals surface area contributed by atoms with E-state index in [1.54, 1.807) is 24.3 Å². The SMILES string of the molecule is CCc1cc(F)c(OCc2ccccc2OC(=O)OC)cc1Cl. The van der Waals surface area contributed by atoms with E-state index < -0.39 is 12.0 Å². The Morgan fingerprint density at radius 3 is 2.61 bits per heavy atom. The smallest absolute Gasteiger partial charge is 0.486 e. The van der Waals surface area contributed by atoms with Crippen LogP contribution in [0.25, 0.3) is 0 Å². The van der Waals surface area contributed by atoms with Crippen LogP contribution in [0.1, 0.15) is 18.1 Å². The molecule has 0 N–H and O–H groups in total. The Balaban J connectivity index is 2.15. The van der Waals surface area contributed by atoms with E-state index in [1.165, 1.54) is 19.2 Å². The lowest BCUT2D eigenvalue weighted by atomic mass is 10.1. The molecular weight excluding hydrogens is 323 g/mol. The molecule has 2 aromatic rings. The molecule has 0 saturated carbocycles. The van der Waals surface area contributed by atoms with Crippen molar-refractivity contribution in [3.05, 3.63) is 58.4 Å². The summed E-state index contributed by atoms with van der Waals surface area (Å²) in [5.74, 6) is -0.159. The highest BCUT2D eigenvalue weighted by atomic mass is 35.5. The fraction of sp³-hybridized carbons (Fsp3) is 0.235. The molecular formula is C17H16ClFO4. The van der Waals surface area contributed by atoms with Crippen molar-refractivity contribution in [3.63, 3.8) is 0 Å². The van der Waals surface area contributed by atoms with Crippen LogP contribution >= 0.6 is 11.6 Å². The van der Waals surface area contributed by atoms with Crippen molar-refractivity contribution >= 4 is 17.8 Å². The van der Waals surface area contributed by atoms with Crippen molar-refractivity contribution in [1.29, 1.82) is 0 Å². The van der Waals surface area contributed by atoms with Gasteiger partial charge in [-0.05, 0) is 24.1 Å². The van der Waals surface area contributed by atoms with Gasteiger partial charge in [0.2, 0.25) is 0 Å². The lowest BCUT2D eigenvalue weighted by Crippen LogP contribution is -2.10. The van der Waals surface area contributed by atoms with Gasteiger partial charge in [0.15, 0.2) is 11.6 Å². The molecule has 0 aliphatic heterocycles. The largest absolute Gasteiger partial charge is 0.513 e. The molecule has 0 saturated heterocycles. The van der Waals surface area contributed by atoms with Gasteiger partial charge < -0.3 is 14.2 Å². The number of carbonyl (C=O) groups is 1. The predicted molar refractivity (Wildman–Crippen MR) is 84.6 cm³/mol. The Hall–Kier alpha value is -2.27. The molecule has 4 nitrogen and oxygen atoms in total. The molecule has 0 bridgehead atoms. The highest BCUT2D eigenvalue weighted by molar-refractivity contribution is 6.31. The van der Waals surface area contributed by atoms with Crippen molar-refractivity contribution < 1.29 is 23.4 Å². The van der Waals surface area contributed by atoms with Crippen molar-refractivity contribution in [2.45, 2.75) is 20.0 Å². The van der Waals surface area contributed by atoms with E-state index in [9.17, 15) is 9.18 Å². The second-order valence-corrected chi connectivity index (χ2v) is 5.09. The summed E-state index contributed by atoms with van der Waals surface area (Å²) in [5.41, 5.74) is 1.29. The maximum Gasteiger partial charge on any atom is 0.513 e. The maximum absolute atomic E-state index is 14.0. The zero-order valence-corrected chi connectivity index (χ0v) is 13.5. The van der Waals surface area contributed by atoms with Gasteiger partial charge in [-0.3, -0.25) is 0 Å². The average Bonchev–Trinajstić information content (AvgIpc) is 2.56. The van der Waals surface area contributed by atoms with Gasteiger partial charge in [-0.15, -0.1) is 0 Å². The normalized spacial score (nSPS) is 10.3. The molecule has 0 heterocycles. The number of halogens is 2. The molecule has 0 unspecified atom stereocenters. The molecule has 0 amide bonds. The quantitative estimate of drug-likeness (QED) is 0.582. The molecule has 0 aliphatic rings. The minimum Gasteiger partial charge on any atom is -0.486 e. The number of para-hydroxylation sites is 1. The summed E-state index contributed by atoms with van der Waals surface area (Å²) in [5, 5.41) is 0.447. The topological polar surface area (TPSA) is 44.8 Å². The van der Waals surface area contributed by atoms with Crippen molar-refractivity contribution in [2.24, 2.45) is 0 Å². The summed E-state index contributed by atoms with van der Waals surface area (Å²) >= 11 is 6.07. The van der Waals surface area contributed by atoms with Gasteiger partial charge in [-0.25, -0.2) is 9.18 Å². The van der Waals surface area contributed by atoms with E-state index in [0.29, 0.717) is 22.6 Å². The number of ether oxygens (including phenoxy) is 3. The summed E-state index contributed by atoms with van der Waals surface area (Å²) in [7, 11) is 1.22. The van der Waals surface area contributed by atoms with E-state index >= 15 is 0 Å². The minimum absolute atomic E-state index is 0.0197. The van der Waals surface area contributed by atoms with Gasteiger partial charge in [0, 0.05) is 16.7 Å². The van der Waals surface area contributed by atoms with Crippen LogP contribution in [-0.4, -0.2) is 13.3 Å². The molecule has 2 aromatic carbocycles. The summed E-state index contributed by atoms with van der Waals surface area (Å²) in [6.07, 6.45) is -0.203. The third kappa shape index (κ3) is 4.36. The maximum atomic E-state index is 14.0. The third-order valence-electron chi connectivity index (χ3n) is 3.20. The Kier molecular flexibility index (Phi) is 5.82. The zero-order chi connectivity index (χ0) is 16.8. The molecule has 122 valence electrons. The summed E-state index contributed by atoms with van der Waals surface area (Å²) < 4.78 is 28.9. The van der Waals surface area contributed by atoms with E-state index in [4.69, 9.17) is 21.1 Å². The molecule has 0 radical (unpaired) electrons. The lowest BCUT2D eigenvalue weighted by molar-refractivity contribution is 0.120. The first-order chi connectivity index (χ1) is 11.0. The summed E-state index contributed by atoms with van der Waals surface area (Å²) in [4.78, 5) is 11.2. The number of carbonyl (C=O) groups excluding carboxylic acids is 1. The fourth-order valence-corrected chi connectivity index (χ4v) is 2.25. The van der Waals surface area contributed by atoms with Crippen LogP contribution in [0.15, 0.2) is 36.4 Å². The Bertz CT molecular complexity index is 703. The van der Waals surface area contributed by atoms with E-state index in [0.717, 1.165) is 0 Å². The van der Waals surface area contributed by atoms with Crippen LogP contribution in [0.3, 0.4) is 0 Å². The first-order valence-electron chi connectivity index (χ1n) is 6.99. The number of aryl methyl sites for hydroxylation is 1. The van der Waals surface area contributed by atoms with E-state index in [2.05, 4.69) is 4.74 Å². The van der Waals surface area contributed by atoms with Gasteiger partial charge in [-0.2, -0.15) is 0 Å². The van der Waals surface area contributed by atoms with Crippen molar-refractivity contribution in [1.82, 2.24) is 0 Å². The monoisotopic (exact) mass is 338 g/mol. The highest BCUT2D eigenvalue weighted by Crippen LogP contribution is 2.28. The number of rotatable bonds is 5. The van der Waals surface area contributed by atoms with Gasteiger partial charge in [0.05, 0.1) is 7.11 Å². The fourth-order valence-electron chi connectivity index (χ4n) is 1.96. The lowest BCUT2D eigenvalue weighted by Gasteiger charge is -2.12. The predicted octanol–water partition coefficient (Wildman–Crippen LogP) is 4.77. The van der Waals surface area contributed by atoms with Crippen LogP contribution in [0.4, 0.5) is 9.18 Å².